The third-order valence-electron chi connectivity index (χ3n) is 3.57. The van der Waals surface area contributed by atoms with Gasteiger partial charge in [-0.05, 0) is 27.3 Å². The van der Waals surface area contributed by atoms with Crippen LogP contribution in [-0.2, 0) is 0 Å². The van der Waals surface area contributed by atoms with Crippen LogP contribution in [0.25, 0.3) is 0 Å². The average Bonchev–Trinajstić information content (AvgIpc) is 2.36. The first-order chi connectivity index (χ1) is 9.03. The Morgan fingerprint density at radius 2 is 1.68 bits per heavy atom. The highest BCUT2D eigenvalue weighted by Gasteiger charge is 2.24. The second-order valence-electron chi connectivity index (χ2n) is 6.31. The van der Waals surface area contributed by atoms with Gasteiger partial charge in [0.25, 0.3) is 0 Å². The van der Waals surface area contributed by atoms with Gasteiger partial charge in [0.15, 0.2) is 0 Å². The molecule has 0 atom stereocenters. The SMILES string of the molecule is CCCCCCSSC(C)(C)CN1CCN(C)CC1. The van der Waals surface area contributed by atoms with E-state index < -0.39 is 0 Å². The van der Waals surface area contributed by atoms with E-state index in [2.05, 4.69) is 59.2 Å². The van der Waals surface area contributed by atoms with Crippen molar-refractivity contribution in [3.8, 4) is 0 Å². The van der Waals surface area contributed by atoms with Gasteiger partial charge in [0.2, 0.25) is 0 Å². The molecule has 19 heavy (non-hydrogen) atoms. The van der Waals surface area contributed by atoms with E-state index in [1.807, 2.05) is 0 Å². The molecule has 1 rings (SSSR count). The van der Waals surface area contributed by atoms with Gasteiger partial charge in [-0.15, -0.1) is 0 Å². The van der Waals surface area contributed by atoms with Crippen LogP contribution in [0.2, 0.25) is 0 Å². The van der Waals surface area contributed by atoms with Crippen molar-refractivity contribution in [1.29, 1.82) is 0 Å². The maximum absolute atomic E-state index is 2.63. The summed E-state index contributed by atoms with van der Waals surface area (Å²) in [5, 5.41) is 0. The van der Waals surface area contributed by atoms with Gasteiger partial charge >= 0.3 is 0 Å². The molecule has 0 aromatic heterocycles. The van der Waals surface area contributed by atoms with Crippen molar-refractivity contribution in [3.05, 3.63) is 0 Å². The van der Waals surface area contributed by atoms with E-state index >= 15 is 0 Å². The van der Waals surface area contributed by atoms with Gasteiger partial charge in [-0.1, -0.05) is 47.8 Å². The second kappa shape index (κ2) is 9.54. The molecule has 1 saturated heterocycles. The van der Waals surface area contributed by atoms with Crippen LogP contribution in [-0.4, -0.2) is 60.1 Å². The van der Waals surface area contributed by atoms with Crippen LogP contribution in [0.4, 0.5) is 0 Å². The van der Waals surface area contributed by atoms with E-state index in [1.165, 1.54) is 64.2 Å². The number of piperazine rings is 1. The molecule has 0 N–H and O–H groups in total. The Kier molecular flexibility index (Phi) is 8.87. The van der Waals surface area contributed by atoms with Crippen LogP contribution in [0.3, 0.4) is 0 Å². The van der Waals surface area contributed by atoms with Gasteiger partial charge in [-0.25, -0.2) is 0 Å². The third kappa shape index (κ3) is 8.49. The highest BCUT2D eigenvalue weighted by atomic mass is 33.1. The number of nitrogens with zero attached hydrogens (tertiary/aromatic N) is 2. The maximum atomic E-state index is 2.63. The topological polar surface area (TPSA) is 6.48 Å². The van der Waals surface area contributed by atoms with Crippen LogP contribution in [0.5, 0.6) is 0 Å². The molecule has 0 saturated carbocycles. The number of rotatable bonds is 9. The molecule has 0 unspecified atom stereocenters. The first-order valence-electron chi connectivity index (χ1n) is 7.75. The first kappa shape index (κ1) is 17.7. The molecule has 1 aliphatic rings. The fourth-order valence-electron chi connectivity index (χ4n) is 2.36. The van der Waals surface area contributed by atoms with Crippen LogP contribution in [0, 0.1) is 0 Å². The highest BCUT2D eigenvalue weighted by Crippen LogP contribution is 2.36. The Morgan fingerprint density at radius 3 is 2.32 bits per heavy atom. The van der Waals surface area contributed by atoms with Crippen LogP contribution < -0.4 is 0 Å². The molecule has 0 bridgehead atoms. The van der Waals surface area contributed by atoms with Gasteiger partial charge < -0.3 is 4.90 Å². The Bertz CT molecular complexity index is 226. The van der Waals surface area contributed by atoms with Gasteiger partial charge in [0.1, 0.15) is 0 Å². The van der Waals surface area contributed by atoms with Crippen molar-refractivity contribution in [1.82, 2.24) is 9.80 Å². The number of hydrogen-bond acceptors (Lipinski definition) is 4. The molecule has 0 aliphatic carbocycles. The lowest BCUT2D eigenvalue weighted by atomic mass is 10.2. The highest BCUT2D eigenvalue weighted by molar-refractivity contribution is 8.77. The Balaban J connectivity index is 2.09. The largest absolute Gasteiger partial charge is 0.304 e. The van der Waals surface area contributed by atoms with E-state index in [0.29, 0.717) is 4.75 Å². The molecular weight excluding hydrogens is 272 g/mol. The Hall–Kier alpha value is 0.620. The fraction of sp³-hybridized carbons (Fsp3) is 1.00. The molecule has 114 valence electrons. The summed E-state index contributed by atoms with van der Waals surface area (Å²) in [6.45, 7) is 13.2. The molecule has 4 heteroatoms. The molecule has 1 fully saturated rings. The monoisotopic (exact) mass is 304 g/mol. The van der Waals surface area contributed by atoms with Crippen molar-refractivity contribution in [2.24, 2.45) is 0 Å². The average molecular weight is 305 g/mol. The zero-order chi connectivity index (χ0) is 14.1. The molecule has 0 amide bonds. The molecule has 0 radical (unpaired) electrons. The van der Waals surface area contributed by atoms with Crippen molar-refractivity contribution in [2.75, 3.05) is 45.5 Å². The van der Waals surface area contributed by atoms with Gasteiger partial charge in [0, 0.05) is 43.2 Å². The van der Waals surface area contributed by atoms with E-state index in [1.54, 1.807) is 0 Å². The quantitative estimate of drug-likeness (QED) is 0.469. The zero-order valence-electron chi connectivity index (χ0n) is 13.3. The van der Waals surface area contributed by atoms with Crippen LogP contribution in [0.1, 0.15) is 46.5 Å². The van der Waals surface area contributed by atoms with Crippen molar-refractivity contribution in [2.45, 2.75) is 51.2 Å². The van der Waals surface area contributed by atoms with Gasteiger partial charge in [-0.2, -0.15) is 0 Å². The van der Waals surface area contributed by atoms with E-state index in [4.69, 9.17) is 0 Å². The van der Waals surface area contributed by atoms with Crippen molar-refractivity contribution in [3.63, 3.8) is 0 Å². The molecule has 2 nitrogen and oxygen atoms in total. The molecule has 1 heterocycles. The van der Waals surface area contributed by atoms with Crippen molar-refractivity contribution < 1.29 is 0 Å². The minimum Gasteiger partial charge on any atom is -0.304 e. The summed E-state index contributed by atoms with van der Waals surface area (Å²) >= 11 is 0. The van der Waals surface area contributed by atoms with Gasteiger partial charge in [-0.3, -0.25) is 4.90 Å². The summed E-state index contributed by atoms with van der Waals surface area (Å²) in [6, 6.07) is 0. The van der Waals surface area contributed by atoms with Crippen molar-refractivity contribution >= 4 is 21.6 Å². The van der Waals surface area contributed by atoms with Gasteiger partial charge in [0.05, 0.1) is 0 Å². The number of hydrogen-bond donors (Lipinski definition) is 0. The van der Waals surface area contributed by atoms with E-state index in [-0.39, 0.29) is 0 Å². The van der Waals surface area contributed by atoms with Crippen LogP contribution in [0.15, 0.2) is 0 Å². The van der Waals surface area contributed by atoms with Crippen LogP contribution >= 0.6 is 21.6 Å². The Morgan fingerprint density at radius 1 is 1.00 bits per heavy atom. The molecule has 1 aliphatic heterocycles. The fourth-order valence-corrected chi connectivity index (χ4v) is 5.04. The summed E-state index contributed by atoms with van der Waals surface area (Å²) in [5.41, 5.74) is 0. The smallest absolute Gasteiger partial charge is 0.0334 e. The summed E-state index contributed by atoms with van der Waals surface area (Å²) < 4.78 is 0.380. The first-order valence-corrected chi connectivity index (χ1v) is 10.1. The van der Waals surface area contributed by atoms with E-state index in [0.717, 1.165) is 0 Å². The summed E-state index contributed by atoms with van der Waals surface area (Å²) in [4.78, 5) is 5.06. The minimum absolute atomic E-state index is 0.380. The molecule has 0 spiro atoms. The lowest BCUT2D eigenvalue weighted by Crippen LogP contribution is -2.48. The predicted octanol–water partition coefficient (Wildman–Crippen LogP) is 3.97. The lowest BCUT2D eigenvalue weighted by molar-refractivity contribution is 0.147. The molecular formula is C15H32N2S2. The number of unbranched alkanes of at least 4 members (excludes halogenated alkanes) is 3. The Labute approximate surface area is 128 Å². The second-order valence-corrected chi connectivity index (χ2v) is 9.43. The summed E-state index contributed by atoms with van der Waals surface area (Å²) in [7, 11) is 6.40. The normalized spacial score (nSPS) is 18.9. The predicted molar refractivity (Wildman–Crippen MR) is 92.2 cm³/mol. The minimum atomic E-state index is 0.380. The third-order valence-corrected chi connectivity index (χ3v) is 6.93. The molecule has 0 aromatic carbocycles. The lowest BCUT2D eigenvalue weighted by Gasteiger charge is -2.37. The van der Waals surface area contributed by atoms with E-state index in [9.17, 15) is 0 Å². The summed E-state index contributed by atoms with van der Waals surface area (Å²) in [6.07, 6.45) is 5.53. The molecule has 0 aromatic rings. The number of likely N-dealkylation sites (N-methyl/N-ethyl adjacent to an activating group) is 1. The standard InChI is InChI=1S/C15H32N2S2/c1-5-6-7-8-13-18-19-15(2,3)14-17-11-9-16(4)10-12-17/h5-14H2,1-4H3. The summed E-state index contributed by atoms with van der Waals surface area (Å²) in [5.74, 6) is 1.32. The maximum Gasteiger partial charge on any atom is 0.0334 e. The zero-order valence-corrected chi connectivity index (χ0v) is 14.9.